The Bertz CT molecular complexity index is 198. The van der Waals surface area contributed by atoms with E-state index in [1.54, 1.807) is 0 Å². The fourth-order valence-corrected chi connectivity index (χ4v) is 1.23. The molecular weight excluding hydrogens is 414 g/mol. The van der Waals surface area contributed by atoms with Crippen LogP contribution in [0.1, 0.15) is 39.5 Å². The van der Waals surface area contributed by atoms with E-state index < -0.39 is 37.3 Å². The fraction of sp³-hybridized carbons (Fsp3) is 0.867. The van der Waals surface area contributed by atoms with Gasteiger partial charge in [-0.15, -0.1) is 12.2 Å². The van der Waals surface area contributed by atoms with Gasteiger partial charge in [-0.1, -0.05) is 53.4 Å². The van der Waals surface area contributed by atoms with Crippen LogP contribution >= 0.6 is 0 Å². The van der Waals surface area contributed by atoms with Crippen molar-refractivity contribution in [1.82, 2.24) is 0 Å². The number of aliphatic hydroxyl groups is 2. The van der Waals surface area contributed by atoms with E-state index in [0.717, 1.165) is 12.8 Å². The summed E-state index contributed by atoms with van der Waals surface area (Å²) in [6.45, 7) is 10.9. The zero-order chi connectivity index (χ0) is 16.8. The number of rotatable bonds is 4. The van der Waals surface area contributed by atoms with Gasteiger partial charge in [-0.05, 0) is 0 Å². The number of hydrogen-bond donors (Lipinski definition) is 2. The van der Waals surface area contributed by atoms with Gasteiger partial charge < -0.3 is 34.6 Å². The molecule has 1 aliphatic heterocycles. The molecule has 0 saturated carbocycles. The third-order valence-electron chi connectivity index (χ3n) is 2.73. The summed E-state index contributed by atoms with van der Waals surface area (Å²) in [6, 6.07) is 0. The average Bonchev–Trinajstić information content (AvgIpc) is 2.53. The molecule has 0 amide bonds. The van der Waals surface area contributed by atoms with Gasteiger partial charge in [0.1, 0.15) is 0 Å². The van der Waals surface area contributed by atoms with Gasteiger partial charge in [-0.25, -0.2) is 0 Å². The van der Waals surface area contributed by atoms with Crippen molar-refractivity contribution in [3.05, 3.63) is 13.8 Å². The zero-order valence-corrected chi connectivity index (χ0v) is 17.1. The first-order chi connectivity index (χ1) is 9.94. The van der Waals surface area contributed by atoms with Crippen LogP contribution in [0.15, 0.2) is 0 Å². The summed E-state index contributed by atoms with van der Waals surface area (Å²) in [6.07, 6.45) is -2.53. The molecule has 5 atom stereocenters. The largest absolute Gasteiger partial charge is 2.00 e. The van der Waals surface area contributed by atoms with Gasteiger partial charge in [0, 0.05) is 7.11 Å². The topological polar surface area (TPSA) is 105 Å². The van der Waals surface area contributed by atoms with Gasteiger partial charge in [0.25, 0.3) is 0 Å². The first kappa shape index (κ1) is 31.3. The molecule has 0 spiro atoms. The van der Waals surface area contributed by atoms with Crippen molar-refractivity contribution < 1.29 is 34.6 Å². The minimum Gasteiger partial charge on any atom is -1.00 e. The molecule has 2 N–H and O–H groups in total. The summed E-state index contributed by atoms with van der Waals surface area (Å²) in [7, 11) is 1.25. The Balaban J connectivity index is -0.000000153. The summed E-state index contributed by atoms with van der Waals surface area (Å²) >= 11 is 0. The van der Waals surface area contributed by atoms with E-state index >= 15 is 0 Å². The number of unbranched alkanes of at least 4 members (excludes halogenated alkanes) is 2. The molecule has 1 heterocycles. The summed E-state index contributed by atoms with van der Waals surface area (Å²) < 4.78 is 9.48. The average molecular weight is 444 g/mol. The minimum absolute atomic E-state index is 0. The van der Waals surface area contributed by atoms with Crippen LogP contribution < -0.4 is 14.9 Å². The zero-order valence-electron chi connectivity index (χ0n) is 14.2. The van der Waals surface area contributed by atoms with Crippen molar-refractivity contribution in [2.45, 2.75) is 70.2 Å². The maximum atomic E-state index is 11.1. The molecule has 0 aliphatic carbocycles. The molecule has 1 rings (SSSR count). The SMILES string of the molecule is CO[C@@H]1O[C@H](CO)[C@H]([O-])[C@H]([O-])[C@H]1O.[CH2]CCC.[CH2]CCC.[F-].[Sn+2]. The van der Waals surface area contributed by atoms with Crippen molar-refractivity contribution in [2.24, 2.45) is 0 Å². The van der Waals surface area contributed by atoms with Crippen molar-refractivity contribution in [2.75, 3.05) is 13.7 Å². The van der Waals surface area contributed by atoms with E-state index in [-0.39, 0.29) is 28.6 Å². The second-order valence-electron chi connectivity index (χ2n) is 4.59. The van der Waals surface area contributed by atoms with Crippen molar-refractivity contribution >= 4 is 23.9 Å². The molecule has 0 bridgehead atoms. The Morgan fingerprint density at radius 3 is 1.74 bits per heavy atom. The second-order valence-corrected chi connectivity index (χ2v) is 4.59. The predicted octanol–water partition coefficient (Wildman–Crippen LogP) is -3.97. The monoisotopic (exact) mass is 445 g/mol. The molecule has 1 fully saturated rings. The molecule has 138 valence electrons. The van der Waals surface area contributed by atoms with Crippen LogP contribution in [0.25, 0.3) is 0 Å². The Morgan fingerprint density at radius 2 is 1.48 bits per heavy atom. The molecule has 0 aromatic carbocycles. The normalized spacial score (nSPS) is 28.8. The van der Waals surface area contributed by atoms with Crippen LogP contribution in [0.2, 0.25) is 0 Å². The smallest absolute Gasteiger partial charge is 1.00 e. The number of halogens is 1. The molecule has 6 nitrogen and oxygen atoms in total. The molecule has 8 heteroatoms. The van der Waals surface area contributed by atoms with Crippen LogP contribution in [-0.2, 0) is 9.47 Å². The minimum atomic E-state index is -1.73. The summed E-state index contributed by atoms with van der Waals surface area (Å²) in [4.78, 5) is 0. The summed E-state index contributed by atoms with van der Waals surface area (Å²) in [5.41, 5.74) is 0. The van der Waals surface area contributed by atoms with E-state index in [9.17, 15) is 15.3 Å². The number of hydrogen-bond acceptors (Lipinski definition) is 6. The van der Waals surface area contributed by atoms with Gasteiger partial charge in [-0.2, -0.15) is 0 Å². The maximum absolute atomic E-state index is 11.1. The van der Waals surface area contributed by atoms with Crippen LogP contribution in [0.3, 0.4) is 0 Å². The third kappa shape index (κ3) is 13.5. The predicted molar refractivity (Wildman–Crippen MR) is 82.6 cm³/mol. The molecule has 1 saturated heterocycles. The molecule has 23 heavy (non-hydrogen) atoms. The number of methoxy groups -OCH3 is 1. The van der Waals surface area contributed by atoms with Gasteiger partial charge in [-0.3, -0.25) is 0 Å². The summed E-state index contributed by atoms with van der Waals surface area (Å²) in [5, 5.41) is 40.1. The number of aliphatic hydroxyl groups excluding tert-OH is 2. The first-order valence-electron chi connectivity index (χ1n) is 7.32. The third-order valence-corrected chi connectivity index (χ3v) is 2.73. The number of ether oxygens (including phenoxy) is 2. The Morgan fingerprint density at radius 1 is 1.09 bits per heavy atom. The Labute approximate surface area is 156 Å². The van der Waals surface area contributed by atoms with E-state index in [4.69, 9.17) is 9.84 Å². The van der Waals surface area contributed by atoms with Crippen molar-refractivity contribution in [3.8, 4) is 0 Å². The van der Waals surface area contributed by atoms with Gasteiger partial charge >= 0.3 is 23.9 Å². The molecular formula is C15H30FO6Sn-. The van der Waals surface area contributed by atoms with Crippen LogP contribution in [0.4, 0.5) is 0 Å². The van der Waals surface area contributed by atoms with Crippen LogP contribution in [-0.4, -0.2) is 78.5 Å². The van der Waals surface area contributed by atoms with Gasteiger partial charge in [0.05, 0.1) is 18.8 Å². The maximum Gasteiger partial charge on any atom is 2.00 e. The standard InChI is InChI=1S/C7H12O6.2C4H9.FH.Sn/c1-12-7-6(11)5(10)4(9)3(2-8)13-7;2*1-3-4-2;;/h3-8,11H,2H2,1H3;2*1,3-4H2,2H3;1H;/q-2;;;;+2/p-1/t3-,4+,5+,6-,7-;;;;/m1..../s1. The molecule has 0 aromatic rings. The fourth-order valence-electron chi connectivity index (χ4n) is 1.23. The van der Waals surface area contributed by atoms with E-state index in [1.165, 1.54) is 20.0 Å². The Kier molecular flexibility index (Phi) is 27.9. The van der Waals surface area contributed by atoms with Crippen LogP contribution in [0, 0.1) is 13.8 Å². The van der Waals surface area contributed by atoms with Crippen LogP contribution in [0.5, 0.6) is 0 Å². The molecule has 1 aliphatic rings. The van der Waals surface area contributed by atoms with Crippen molar-refractivity contribution in [3.63, 3.8) is 0 Å². The first-order valence-corrected chi connectivity index (χ1v) is 7.32. The molecule has 0 aromatic heterocycles. The van der Waals surface area contributed by atoms with E-state index in [1.807, 2.05) is 0 Å². The quantitative estimate of drug-likeness (QED) is 0.429. The second kappa shape index (κ2) is 20.5. The molecule has 0 unspecified atom stereocenters. The van der Waals surface area contributed by atoms with Gasteiger partial charge in [0.15, 0.2) is 6.29 Å². The Hall–Kier alpha value is 0.489. The van der Waals surface area contributed by atoms with E-state index in [2.05, 4.69) is 32.4 Å². The summed E-state index contributed by atoms with van der Waals surface area (Å²) in [5.74, 6) is 0. The molecule has 4 radical (unpaired) electrons. The van der Waals surface area contributed by atoms with E-state index in [0.29, 0.717) is 0 Å². The van der Waals surface area contributed by atoms with Crippen molar-refractivity contribution in [1.29, 1.82) is 0 Å². The van der Waals surface area contributed by atoms with Gasteiger partial charge in [0.2, 0.25) is 0 Å².